The minimum atomic E-state index is -0.638. The van der Waals surface area contributed by atoms with Crippen LogP contribution in [0, 0.1) is 20.8 Å². The van der Waals surface area contributed by atoms with E-state index in [0.29, 0.717) is 11.4 Å². The van der Waals surface area contributed by atoms with Gasteiger partial charge in [0.1, 0.15) is 5.75 Å². The van der Waals surface area contributed by atoms with Gasteiger partial charge in [0, 0.05) is 5.69 Å². The first kappa shape index (κ1) is 15.2. The van der Waals surface area contributed by atoms with Gasteiger partial charge < -0.3 is 16.2 Å². The third kappa shape index (κ3) is 3.11. The van der Waals surface area contributed by atoms with Crippen molar-refractivity contribution >= 4 is 23.2 Å². The van der Waals surface area contributed by atoms with Gasteiger partial charge in [0.15, 0.2) is 5.75 Å². The molecular weight excluding hydrogens is 288 g/mol. The van der Waals surface area contributed by atoms with E-state index in [1.54, 1.807) is 0 Å². The molecule has 0 bridgehead atoms. The fourth-order valence-corrected chi connectivity index (χ4v) is 2.38. The van der Waals surface area contributed by atoms with Crippen LogP contribution < -0.4 is 16.2 Å². The summed E-state index contributed by atoms with van der Waals surface area (Å²) < 4.78 is 5.86. The molecule has 0 aliphatic heterocycles. The predicted octanol–water partition coefficient (Wildman–Crippen LogP) is 3.74. The van der Waals surface area contributed by atoms with E-state index in [1.165, 1.54) is 12.1 Å². The quantitative estimate of drug-likeness (QED) is 0.848. The lowest BCUT2D eigenvalue weighted by molar-refractivity contribution is 0.0998. The molecule has 2 aromatic carbocycles. The molecule has 110 valence electrons. The van der Waals surface area contributed by atoms with Crippen molar-refractivity contribution < 1.29 is 9.53 Å². The average Bonchev–Trinajstić information content (AvgIpc) is 2.37. The van der Waals surface area contributed by atoms with Gasteiger partial charge in [-0.25, -0.2) is 0 Å². The number of primary amides is 1. The van der Waals surface area contributed by atoms with Gasteiger partial charge in [0.05, 0.1) is 10.6 Å². The highest BCUT2D eigenvalue weighted by Gasteiger charge is 2.17. The van der Waals surface area contributed by atoms with Crippen molar-refractivity contribution in [3.63, 3.8) is 0 Å². The molecule has 0 fully saturated rings. The van der Waals surface area contributed by atoms with E-state index in [1.807, 2.05) is 26.8 Å². The number of hydrogen-bond donors (Lipinski definition) is 2. The molecule has 0 spiro atoms. The van der Waals surface area contributed by atoms with E-state index in [-0.39, 0.29) is 16.3 Å². The smallest absolute Gasteiger partial charge is 0.252 e. The van der Waals surface area contributed by atoms with Crippen LogP contribution >= 0.6 is 11.6 Å². The summed E-state index contributed by atoms with van der Waals surface area (Å²) in [4.78, 5) is 11.6. The maximum absolute atomic E-state index is 11.6. The van der Waals surface area contributed by atoms with E-state index in [4.69, 9.17) is 27.8 Å². The molecule has 2 aromatic rings. The highest BCUT2D eigenvalue weighted by molar-refractivity contribution is 6.33. The van der Waals surface area contributed by atoms with Crippen LogP contribution in [0.15, 0.2) is 24.3 Å². The summed E-state index contributed by atoms with van der Waals surface area (Å²) in [7, 11) is 0. The molecular formula is C16H17ClN2O2. The molecule has 0 aliphatic rings. The number of benzene rings is 2. The number of anilines is 1. The summed E-state index contributed by atoms with van der Waals surface area (Å²) in [5.74, 6) is 0.231. The molecule has 0 radical (unpaired) electrons. The molecule has 0 saturated heterocycles. The van der Waals surface area contributed by atoms with Gasteiger partial charge in [0.2, 0.25) is 0 Å². The average molecular weight is 305 g/mol. The Hall–Kier alpha value is -2.20. The minimum Gasteiger partial charge on any atom is -0.455 e. The lowest BCUT2D eigenvalue weighted by Crippen LogP contribution is -2.13. The highest BCUT2D eigenvalue weighted by atomic mass is 35.5. The van der Waals surface area contributed by atoms with Crippen LogP contribution in [-0.4, -0.2) is 5.91 Å². The highest BCUT2D eigenvalue weighted by Crippen LogP contribution is 2.37. The zero-order chi connectivity index (χ0) is 15.7. The number of ether oxygens (including phenoxy) is 1. The fourth-order valence-electron chi connectivity index (χ4n) is 2.12. The second kappa shape index (κ2) is 5.66. The number of rotatable bonds is 3. The molecule has 0 atom stereocenters. The van der Waals surface area contributed by atoms with Crippen LogP contribution in [0.4, 0.5) is 5.69 Å². The molecule has 21 heavy (non-hydrogen) atoms. The molecule has 0 aliphatic carbocycles. The maximum Gasteiger partial charge on any atom is 0.252 e. The van der Waals surface area contributed by atoms with Crippen molar-refractivity contribution in [3.8, 4) is 11.5 Å². The van der Waals surface area contributed by atoms with Crippen LogP contribution in [0.2, 0.25) is 5.02 Å². The summed E-state index contributed by atoms with van der Waals surface area (Å²) in [6.45, 7) is 5.91. The van der Waals surface area contributed by atoms with Crippen molar-refractivity contribution in [1.82, 2.24) is 0 Å². The largest absolute Gasteiger partial charge is 0.455 e. The van der Waals surface area contributed by atoms with E-state index in [0.717, 1.165) is 16.7 Å². The number of carbonyl (C=O) groups excluding carboxylic acids is 1. The molecule has 4 N–H and O–H groups in total. The van der Waals surface area contributed by atoms with Crippen molar-refractivity contribution in [2.24, 2.45) is 5.73 Å². The summed E-state index contributed by atoms with van der Waals surface area (Å²) in [6, 6.07) is 6.93. The Labute approximate surface area is 128 Å². The first-order valence-corrected chi connectivity index (χ1v) is 6.82. The van der Waals surface area contributed by atoms with Crippen molar-refractivity contribution in [2.45, 2.75) is 20.8 Å². The molecule has 0 heterocycles. The first-order chi connectivity index (χ1) is 9.79. The second-order valence-corrected chi connectivity index (χ2v) is 5.46. The number of halogens is 1. The number of nitrogen functional groups attached to an aromatic ring is 1. The minimum absolute atomic E-state index is 0.165. The number of carbonyl (C=O) groups is 1. The summed E-state index contributed by atoms with van der Waals surface area (Å²) in [5.41, 5.74) is 14.7. The Bertz CT molecular complexity index is 727. The van der Waals surface area contributed by atoms with Crippen molar-refractivity contribution in [1.29, 1.82) is 0 Å². The van der Waals surface area contributed by atoms with Gasteiger partial charge in [-0.1, -0.05) is 17.7 Å². The SMILES string of the molecule is Cc1cc(C)c(C)c(Oc2c(Cl)cc(N)cc2C(N)=O)c1. The monoisotopic (exact) mass is 304 g/mol. The number of nitrogens with two attached hydrogens (primary N) is 2. The Kier molecular flexibility index (Phi) is 4.09. The lowest BCUT2D eigenvalue weighted by Gasteiger charge is -2.15. The molecule has 0 unspecified atom stereocenters. The van der Waals surface area contributed by atoms with Gasteiger partial charge in [-0.05, 0) is 55.7 Å². The van der Waals surface area contributed by atoms with Gasteiger partial charge in [-0.15, -0.1) is 0 Å². The number of amides is 1. The van der Waals surface area contributed by atoms with Crippen molar-refractivity contribution in [2.75, 3.05) is 5.73 Å². The van der Waals surface area contributed by atoms with E-state index < -0.39 is 5.91 Å². The number of aryl methyl sites for hydroxylation is 2. The first-order valence-electron chi connectivity index (χ1n) is 6.44. The fraction of sp³-hybridized carbons (Fsp3) is 0.188. The standard InChI is InChI=1S/C16H17ClN2O2/c1-8-4-9(2)10(3)14(5-8)21-15-12(16(19)20)6-11(18)7-13(15)17/h4-7H,18H2,1-3H3,(H2,19,20). The van der Waals surface area contributed by atoms with Gasteiger partial charge in [-0.3, -0.25) is 4.79 Å². The molecule has 2 rings (SSSR count). The maximum atomic E-state index is 11.6. The summed E-state index contributed by atoms with van der Waals surface area (Å²) >= 11 is 6.15. The van der Waals surface area contributed by atoms with Crippen LogP contribution in [0.1, 0.15) is 27.0 Å². The molecule has 0 saturated carbocycles. The zero-order valence-electron chi connectivity index (χ0n) is 12.2. The van der Waals surface area contributed by atoms with Crippen LogP contribution in [0.3, 0.4) is 0 Å². The van der Waals surface area contributed by atoms with E-state index in [2.05, 4.69) is 6.07 Å². The van der Waals surface area contributed by atoms with Gasteiger partial charge >= 0.3 is 0 Å². The molecule has 5 heteroatoms. The van der Waals surface area contributed by atoms with Crippen LogP contribution in [-0.2, 0) is 0 Å². The predicted molar refractivity (Wildman–Crippen MR) is 85.1 cm³/mol. The van der Waals surface area contributed by atoms with E-state index in [9.17, 15) is 4.79 Å². The number of hydrogen-bond acceptors (Lipinski definition) is 3. The normalized spacial score (nSPS) is 10.5. The van der Waals surface area contributed by atoms with Crippen molar-refractivity contribution in [3.05, 3.63) is 51.5 Å². The zero-order valence-corrected chi connectivity index (χ0v) is 12.9. The lowest BCUT2D eigenvalue weighted by atomic mass is 10.1. The van der Waals surface area contributed by atoms with Crippen LogP contribution in [0.25, 0.3) is 0 Å². The Morgan fingerprint density at radius 1 is 1.14 bits per heavy atom. The summed E-state index contributed by atoms with van der Waals surface area (Å²) in [6.07, 6.45) is 0. The Morgan fingerprint density at radius 3 is 2.43 bits per heavy atom. The molecule has 1 amide bonds. The van der Waals surface area contributed by atoms with Gasteiger partial charge in [0.25, 0.3) is 5.91 Å². The third-order valence-corrected chi connectivity index (χ3v) is 3.59. The Morgan fingerprint density at radius 2 is 1.81 bits per heavy atom. The second-order valence-electron chi connectivity index (χ2n) is 5.05. The van der Waals surface area contributed by atoms with Crippen LogP contribution in [0.5, 0.6) is 11.5 Å². The molecule has 0 aromatic heterocycles. The van der Waals surface area contributed by atoms with E-state index >= 15 is 0 Å². The third-order valence-electron chi connectivity index (χ3n) is 3.31. The topological polar surface area (TPSA) is 78.3 Å². The summed E-state index contributed by atoms with van der Waals surface area (Å²) in [5, 5.41) is 0.252. The Balaban J connectivity index is 2.57. The molecule has 4 nitrogen and oxygen atoms in total. The van der Waals surface area contributed by atoms with Gasteiger partial charge in [-0.2, -0.15) is 0 Å².